The van der Waals surface area contributed by atoms with Crippen molar-refractivity contribution in [2.75, 3.05) is 6.61 Å². The van der Waals surface area contributed by atoms with Crippen molar-refractivity contribution in [3.8, 4) is 0 Å². The van der Waals surface area contributed by atoms with Gasteiger partial charge in [0.2, 0.25) is 0 Å². The molecule has 0 aromatic rings. The molecule has 90 valence electrons. The van der Waals surface area contributed by atoms with E-state index < -0.39 is 12.3 Å². The summed E-state index contributed by atoms with van der Waals surface area (Å²) in [5.41, 5.74) is 5.80. The van der Waals surface area contributed by atoms with E-state index in [0.717, 1.165) is 26.2 Å². The Hall–Kier alpha value is -0.290. The van der Waals surface area contributed by atoms with Crippen molar-refractivity contribution in [1.82, 2.24) is 0 Å². The van der Waals surface area contributed by atoms with Gasteiger partial charge in [-0.05, 0) is 32.1 Å². The summed E-state index contributed by atoms with van der Waals surface area (Å²) in [5, 5.41) is 0. The van der Waals surface area contributed by atoms with Gasteiger partial charge in [0.05, 0.1) is 0 Å². The van der Waals surface area contributed by atoms with Crippen LogP contribution in [-0.2, 0) is 4.74 Å². The molecule has 1 saturated carbocycles. The molecule has 0 heterocycles. The topological polar surface area (TPSA) is 35.2 Å². The summed E-state index contributed by atoms with van der Waals surface area (Å²) in [4.78, 5) is 0. The van der Waals surface area contributed by atoms with E-state index >= 15 is 0 Å². The first-order valence-corrected chi connectivity index (χ1v) is 5.35. The molecule has 0 radical (unpaired) electrons. The Kier molecular flexibility index (Phi) is 4.40. The van der Waals surface area contributed by atoms with Crippen molar-refractivity contribution in [3.63, 3.8) is 0 Å². The second-order valence-corrected chi connectivity index (χ2v) is 4.20. The SMILES string of the molecule is CC(OCCC1CCCC1N)C(F)(F)F. The highest BCUT2D eigenvalue weighted by Gasteiger charge is 2.37. The first-order chi connectivity index (χ1) is 6.91. The first kappa shape index (κ1) is 12.8. The molecule has 0 aromatic heterocycles. The molecule has 15 heavy (non-hydrogen) atoms. The maximum absolute atomic E-state index is 12.1. The van der Waals surface area contributed by atoms with Crippen LogP contribution < -0.4 is 5.73 Å². The Morgan fingerprint density at radius 1 is 1.40 bits per heavy atom. The van der Waals surface area contributed by atoms with Crippen LogP contribution in [0, 0.1) is 5.92 Å². The van der Waals surface area contributed by atoms with Crippen LogP contribution in [0.15, 0.2) is 0 Å². The zero-order valence-electron chi connectivity index (χ0n) is 8.89. The Labute approximate surface area is 88.0 Å². The van der Waals surface area contributed by atoms with E-state index in [-0.39, 0.29) is 12.6 Å². The van der Waals surface area contributed by atoms with E-state index in [0.29, 0.717) is 12.3 Å². The predicted molar refractivity (Wildman–Crippen MR) is 51.4 cm³/mol. The summed E-state index contributed by atoms with van der Waals surface area (Å²) in [6.07, 6.45) is -2.19. The third-order valence-electron chi connectivity index (χ3n) is 3.04. The quantitative estimate of drug-likeness (QED) is 0.797. The summed E-state index contributed by atoms with van der Waals surface area (Å²) in [7, 11) is 0. The van der Waals surface area contributed by atoms with Crippen LogP contribution in [0.3, 0.4) is 0 Å². The van der Waals surface area contributed by atoms with Gasteiger partial charge >= 0.3 is 6.18 Å². The number of halogens is 3. The molecule has 1 aliphatic carbocycles. The molecule has 0 aromatic carbocycles. The Morgan fingerprint density at radius 2 is 2.07 bits per heavy atom. The third kappa shape index (κ3) is 3.99. The maximum atomic E-state index is 12.1. The fraction of sp³-hybridized carbons (Fsp3) is 1.00. The van der Waals surface area contributed by atoms with Crippen molar-refractivity contribution in [3.05, 3.63) is 0 Å². The van der Waals surface area contributed by atoms with Crippen molar-refractivity contribution in [2.45, 2.75) is 50.9 Å². The molecular weight excluding hydrogens is 207 g/mol. The Balaban J connectivity index is 2.16. The summed E-state index contributed by atoms with van der Waals surface area (Å²) in [6.45, 7) is 1.19. The van der Waals surface area contributed by atoms with Gasteiger partial charge in [-0.1, -0.05) is 6.42 Å². The number of rotatable bonds is 4. The second-order valence-electron chi connectivity index (χ2n) is 4.20. The third-order valence-corrected chi connectivity index (χ3v) is 3.04. The lowest BCUT2D eigenvalue weighted by molar-refractivity contribution is -0.214. The van der Waals surface area contributed by atoms with Crippen molar-refractivity contribution >= 4 is 0 Å². The fourth-order valence-electron chi connectivity index (χ4n) is 1.91. The minimum Gasteiger partial charge on any atom is -0.369 e. The molecule has 0 amide bonds. The molecule has 0 saturated heterocycles. The molecule has 1 aliphatic rings. The lowest BCUT2D eigenvalue weighted by atomic mass is 10.0. The van der Waals surface area contributed by atoms with E-state index in [2.05, 4.69) is 0 Å². The maximum Gasteiger partial charge on any atom is 0.414 e. The van der Waals surface area contributed by atoms with Gasteiger partial charge in [-0.3, -0.25) is 0 Å². The van der Waals surface area contributed by atoms with Crippen LogP contribution in [-0.4, -0.2) is 24.9 Å². The van der Waals surface area contributed by atoms with E-state index in [1.807, 2.05) is 0 Å². The molecule has 0 spiro atoms. The van der Waals surface area contributed by atoms with Crippen LogP contribution in [0.1, 0.15) is 32.6 Å². The normalized spacial score (nSPS) is 29.4. The molecule has 1 fully saturated rings. The molecule has 1 rings (SSSR count). The van der Waals surface area contributed by atoms with Crippen LogP contribution >= 0.6 is 0 Å². The molecule has 2 N–H and O–H groups in total. The highest BCUT2D eigenvalue weighted by Crippen LogP contribution is 2.28. The van der Waals surface area contributed by atoms with E-state index in [9.17, 15) is 13.2 Å². The standard InChI is InChI=1S/C10H18F3NO/c1-7(10(11,12)13)15-6-5-8-3-2-4-9(8)14/h7-9H,2-6,14H2,1H3. The molecule has 3 atom stereocenters. The summed E-state index contributed by atoms with van der Waals surface area (Å²) < 4.78 is 41.0. The number of hydrogen-bond acceptors (Lipinski definition) is 2. The zero-order chi connectivity index (χ0) is 11.5. The largest absolute Gasteiger partial charge is 0.414 e. The zero-order valence-corrected chi connectivity index (χ0v) is 8.89. The Morgan fingerprint density at radius 3 is 2.53 bits per heavy atom. The summed E-state index contributed by atoms with van der Waals surface area (Å²) in [6, 6.07) is 0.148. The Bertz CT molecular complexity index is 194. The number of hydrogen-bond donors (Lipinski definition) is 1. The number of ether oxygens (including phenoxy) is 1. The van der Waals surface area contributed by atoms with Gasteiger partial charge in [0, 0.05) is 12.6 Å². The van der Waals surface area contributed by atoms with Crippen molar-refractivity contribution in [1.29, 1.82) is 0 Å². The summed E-state index contributed by atoms with van der Waals surface area (Å²) in [5.74, 6) is 0.338. The second kappa shape index (κ2) is 5.16. The predicted octanol–water partition coefficient (Wildman–Crippen LogP) is 2.47. The summed E-state index contributed by atoms with van der Waals surface area (Å²) >= 11 is 0. The van der Waals surface area contributed by atoms with Crippen molar-refractivity contribution in [2.24, 2.45) is 11.7 Å². The van der Waals surface area contributed by atoms with Gasteiger partial charge in [-0.25, -0.2) is 0 Å². The van der Waals surface area contributed by atoms with E-state index in [1.54, 1.807) is 0 Å². The average molecular weight is 225 g/mol. The molecular formula is C10H18F3NO. The van der Waals surface area contributed by atoms with Gasteiger partial charge in [-0.15, -0.1) is 0 Å². The molecule has 0 bridgehead atoms. The van der Waals surface area contributed by atoms with Gasteiger partial charge in [0.25, 0.3) is 0 Å². The lowest BCUT2D eigenvalue weighted by Gasteiger charge is -2.19. The lowest BCUT2D eigenvalue weighted by Crippen LogP contribution is -2.30. The van der Waals surface area contributed by atoms with Gasteiger partial charge < -0.3 is 10.5 Å². The minimum absolute atomic E-state index is 0.148. The van der Waals surface area contributed by atoms with Crippen LogP contribution in [0.4, 0.5) is 13.2 Å². The number of nitrogens with two attached hydrogens (primary N) is 1. The average Bonchev–Trinajstić information content (AvgIpc) is 2.50. The fourth-order valence-corrected chi connectivity index (χ4v) is 1.91. The van der Waals surface area contributed by atoms with E-state index in [4.69, 9.17) is 10.5 Å². The van der Waals surface area contributed by atoms with Crippen molar-refractivity contribution < 1.29 is 17.9 Å². The van der Waals surface area contributed by atoms with Gasteiger partial charge in [0.1, 0.15) is 0 Å². The number of alkyl halides is 3. The van der Waals surface area contributed by atoms with Gasteiger partial charge in [-0.2, -0.15) is 13.2 Å². The minimum atomic E-state index is -4.25. The van der Waals surface area contributed by atoms with Crippen LogP contribution in [0.5, 0.6) is 0 Å². The highest BCUT2D eigenvalue weighted by molar-refractivity contribution is 4.79. The molecule has 2 nitrogen and oxygen atoms in total. The molecule has 5 heteroatoms. The molecule has 0 aliphatic heterocycles. The monoisotopic (exact) mass is 225 g/mol. The van der Waals surface area contributed by atoms with Gasteiger partial charge in [0.15, 0.2) is 6.10 Å². The van der Waals surface area contributed by atoms with Crippen LogP contribution in [0.25, 0.3) is 0 Å². The van der Waals surface area contributed by atoms with Crippen LogP contribution in [0.2, 0.25) is 0 Å². The van der Waals surface area contributed by atoms with E-state index in [1.165, 1.54) is 0 Å². The first-order valence-electron chi connectivity index (χ1n) is 5.35. The highest BCUT2D eigenvalue weighted by atomic mass is 19.4. The molecule has 3 unspecified atom stereocenters. The smallest absolute Gasteiger partial charge is 0.369 e.